The Hall–Kier alpha value is -1.01. The third kappa shape index (κ3) is 3.47. The number of pyridine rings is 1. The lowest BCUT2D eigenvalue weighted by molar-refractivity contribution is 0.610. The van der Waals surface area contributed by atoms with Crippen molar-refractivity contribution in [2.24, 2.45) is 5.73 Å². The number of halogens is 2. The Balaban J connectivity index is 2.11. The van der Waals surface area contributed by atoms with Crippen molar-refractivity contribution in [3.05, 3.63) is 63.2 Å². The van der Waals surface area contributed by atoms with Gasteiger partial charge in [-0.25, -0.2) is 4.39 Å². The first-order valence-electron chi connectivity index (χ1n) is 5.25. The Kier molecular flexibility index (Phi) is 4.06. The molecule has 17 heavy (non-hydrogen) atoms. The van der Waals surface area contributed by atoms with Gasteiger partial charge in [0.2, 0.25) is 0 Å². The first-order chi connectivity index (χ1) is 8.15. The highest BCUT2D eigenvalue weighted by Crippen LogP contribution is 2.16. The van der Waals surface area contributed by atoms with Gasteiger partial charge in [-0.3, -0.25) is 4.98 Å². The molecule has 0 amide bonds. The molecule has 1 heterocycles. The number of hydrogen-bond acceptors (Lipinski definition) is 2. The molecular weight excluding hydrogens is 330 g/mol. The maximum atomic E-state index is 13.0. The highest BCUT2D eigenvalue weighted by atomic mass is 127. The first-order valence-corrected chi connectivity index (χ1v) is 6.33. The molecule has 1 atom stereocenters. The SMILES string of the molecule is NC(Cc1ccc(I)cc1)c1cncc(F)c1. The molecular formula is C13H12FIN2. The van der Waals surface area contributed by atoms with Gasteiger partial charge in [-0.05, 0) is 58.3 Å². The van der Waals surface area contributed by atoms with Crippen LogP contribution in [0.25, 0.3) is 0 Å². The van der Waals surface area contributed by atoms with E-state index in [1.807, 2.05) is 24.3 Å². The van der Waals surface area contributed by atoms with Crippen molar-refractivity contribution in [1.82, 2.24) is 4.98 Å². The van der Waals surface area contributed by atoms with Crippen molar-refractivity contribution in [3.8, 4) is 0 Å². The average molecular weight is 342 g/mol. The predicted molar refractivity (Wildman–Crippen MR) is 74.0 cm³/mol. The number of aromatic nitrogens is 1. The zero-order valence-corrected chi connectivity index (χ0v) is 11.3. The molecule has 0 fully saturated rings. The summed E-state index contributed by atoms with van der Waals surface area (Å²) in [5.41, 5.74) is 7.89. The quantitative estimate of drug-likeness (QED) is 0.871. The Morgan fingerprint density at radius 3 is 2.59 bits per heavy atom. The molecule has 88 valence electrons. The summed E-state index contributed by atoms with van der Waals surface area (Å²) in [6, 6.07) is 9.35. The third-order valence-corrected chi connectivity index (χ3v) is 3.24. The molecule has 1 aromatic heterocycles. The van der Waals surface area contributed by atoms with Crippen LogP contribution in [0.15, 0.2) is 42.7 Å². The maximum Gasteiger partial charge on any atom is 0.141 e. The van der Waals surface area contributed by atoms with E-state index in [1.54, 1.807) is 6.20 Å². The largest absolute Gasteiger partial charge is 0.324 e. The van der Waals surface area contributed by atoms with Crippen molar-refractivity contribution in [1.29, 1.82) is 0 Å². The van der Waals surface area contributed by atoms with E-state index in [0.29, 0.717) is 6.42 Å². The fourth-order valence-electron chi connectivity index (χ4n) is 1.62. The van der Waals surface area contributed by atoms with Crippen LogP contribution in [0.4, 0.5) is 4.39 Å². The van der Waals surface area contributed by atoms with E-state index in [1.165, 1.54) is 15.8 Å². The van der Waals surface area contributed by atoms with Crippen molar-refractivity contribution in [2.75, 3.05) is 0 Å². The highest BCUT2D eigenvalue weighted by Gasteiger charge is 2.08. The minimum Gasteiger partial charge on any atom is -0.324 e. The number of rotatable bonds is 3. The van der Waals surface area contributed by atoms with Crippen LogP contribution in [0.2, 0.25) is 0 Å². The van der Waals surface area contributed by atoms with E-state index in [2.05, 4.69) is 27.6 Å². The standard InChI is InChI=1S/C13H12FIN2/c14-11-6-10(7-17-8-11)13(16)5-9-1-3-12(15)4-2-9/h1-4,6-8,13H,5,16H2. The Bertz CT molecular complexity index is 499. The Morgan fingerprint density at radius 2 is 1.94 bits per heavy atom. The summed E-state index contributed by atoms with van der Waals surface area (Å²) in [6.45, 7) is 0. The lowest BCUT2D eigenvalue weighted by Crippen LogP contribution is -2.13. The highest BCUT2D eigenvalue weighted by molar-refractivity contribution is 14.1. The van der Waals surface area contributed by atoms with E-state index in [0.717, 1.165) is 11.1 Å². The minimum absolute atomic E-state index is 0.224. The molecule has 2 nitrogen and oxygen atoms in total. The summed E-state index contributed by atoms with van der Waals surface area (Å²) < 4.78 is 14.2. The zero-order valence-electron chi connectivity index (χ0n) is 9.11. The molecule has 0 saturated carbocycles. The van der Waals surface area contributed by atoms with Gasteiger partial charge in [0.15, 0.2) is 0 Å². The number of benzene rings is 1. The number of hydrogen-bond donors (Lipinski definition) is 1. The Labute approximate surface area is 113 Å². The summed E-state index contributed by atoms with van der Waals surface area (Å²) in [5, 5.41) is 0. The molecule has 0 radical (unpaired) electrons. The van der Waals surface area contributed by atoms with Crippen LogP contribution in [0.1, 0.15) is 17.2 Å². The van der Waals surface area contributed by atoms with Crippen molar-refractivity contribution < 1.29 is 4.39 Å². The molecule has 0 saturated heterocycles. The van der Waals surface area contributed by atoms with Crippen LogP contribution in [-0.4, -0.2) is 4.98 Å². The lowest BCUT2D eigenvalue weighted by atomic mass is 10.0. The van der Waals surface area contributed by atoms with Crippen LogP contribution < -0.4 is 5.73 Å². The molecule has 0 spiro atoms. The van der Waals surface area contributed by atoms with Gasteiger partial charge < -0.3 is 5.73 Å². The summed E-state index contributed by atoms with van der Waals surface area (Å²) in [6.07, 6.45) is 3.48. The molecule has 0 bridgehead atoms. The smallest absolute Gasteiger partial charge is 0.141 e. The lowest BCUT2D eigenvalue weighted by Gasteiger charge is -2.11. The minimum atomic E-state index is -0.347. The van der Waals surface area contributed by atoms with Gasteiger partial charge in [-0.15, -0.1) is 0 Å². The van der Waals surface area contributed by atoms with Crippen LogP contribution in [0.3, 0.4) is 0 Å². The number of nitrogens with two attached hydrogens (primary N) is 1. The van der Waals surface area contributed by atoms with Gasteiger partial charge in [-0.1, -0.05) is 12.1 Å². The molecule has 2 aromatic rings. The molecule has 1 unspecified atom stereocenters. The van der Waals surface area contributed by atoms with E-state index in [9.17, 15) is 4.39 Å². The summed E-state index contributed by atoms with van der Waals surface area (Å²) in [5.74, 6) is -0.347. The average Bonchev–Trinajstić information content (AvgIpc) is 2.32. The van der Waals surface area contributed by atoms with Crippen LogP contribution in [-0.2, 0) is 6.42 Å². The molecule has 2 rings (SSSR count). The zero-order chi connectivity index (χ0) is 12.3. The molecule has 0 aliphatic carbocycles. The molecule has 2 N–H and O–H groups in total. The monoisotopic (exact) mass is 342 g/mol. The van der Waals surface area contributed by atoms with Gasteiger partial charge in [-0.2, -0.15) is 0 Å². The van der Waals surface area contributed by atoms with Gasteiger partial charge >= 0.3 is 0 Å². The first kappa shape index (κ1) is 12.4. The molecule has 4 heteroatoms. The fraction of sp³-hybridized carbons (Fsp3) is 0.154. The Morgan fingerprint density at radius 1 is 1.24 bits per heavy atom. The second-order valence-electron chi connectivity index (χ2n) is 3.87. The van der Waals surface area contributed by atoms with Crippen LogP contribution in [0.5, 0.6) is 0 Å². The second kappa shape index (κ2) is 5.55. The van der Waals surface area contributed by atoms with Gasteiger partial charge in [0.1, 0.15) is 5.82 Å². The van der Waals surface area contributed by atoms with Crippen molar-refractivity contribution in [2.45, 2.75) is 12.5 Å². The predicted octanol–water partition coefficient (Wildman–Crippen LogP) is 3.07. The molecule has 0 aliphatic heterocycles. The summed E-state index contributed by atoms with van der Waals surface area (Å²) >= 11 is 2.26. The van der Waals surface area contributed by atoms with Gasteiger partial charge in [0, 0.05) is 15.8 Å². The number of nitrogens with zero attached hydrogens (tertiary/aromatic N) is 1. The van der Waals surface area contributed by atoms with E-state index in [-0.39, 0.29) is 11.9 Å². The van der Waals surface area contributed by atoms with Crippen molar-refractivity contribution in [3.63, 3.8) is 0 Å². The summed E-state index contributed by atoms with van der Waals surface area (Å²) in [7, 11) is 0. The van der Waals surface area contributed by atoms with E-state index in [4.69, 9.17) is 5.73 Å². The van der Waals surface area contributed by atoms with Crippen LogP contribution >= 0.6 is 22.6 Å². The normalized spacial score (nSPS) is 12.4. The van der Waals surface area contributed by atoms with E-state index >= 15 is 0 Å². The maximum absolute atomic E-state index is 13.0. The molecule has 0 aliphatic rings. The molecule has 1 aromatic carbocycles. The second-order valence-corrected chi connectivity index (χ2v) is 5.12. The summed E-state index contributed by atoms with van der Waals surface area (Å²) in [4.78, 5) is 3.80. The van der Waals surface area contributed by atoms with E-state index < -0.39 is 0 Å². The van der Waals surface area contributed by atoms with Gasteiger partial charge in [0.05, 0.1) is 6.20 Å². The third-order valence-electron chi connectivity index (χ3n) is 2.52. The van der Waals surface area contributed by atoms with Crippen molar-refractivity contribution >= 4 is 22.6 Å². The van der Waals surface area contributed by atoms with Gasteiger partial charge in [0.25, 0.3) is 0 Å². The van der Waals surface area contributed by atoms with Crippen LogP contribution in [0, 0.1) is 9.39 Å². The fourth-order valence-corrected chi connectivity index (χ4v) is 1.98. The topological polar surface area (TPSA) is 38.9 Å².